The number of nitrogens with zero attached hydrogens (tertiary/aromatic N) is 2. The summed E-state index contributed by atoms with van der Waals surface area (Å²) in [6.07, 6.45) is 3.45. The van der Waals surface area contributed by atoms with E-state index in [4.69, 9.17) is 0 Å². The van der Waals surface area contributed by atoms with E-state index in [1.54, 1.807) is 60.9 Å². The highest BCUT2D eigenvalue weighted by Gasteiger charge is 2.28. The molecule has 12 heteroatoms. The van der Waals surface area contributed by atoms with Crippen LogP contribution in [0.2, 0.25) is 0 Å². The van der Waals surface area contributed by atoms with E-state index in [2.05, 4.69) is 29.4 Å². The van der Waals surface area contributed by atoms with Crippen LogP contribution in [-0.4, -0.2) is 36.8 Å². The third kappa shape index (κ3) is 8.26. The molecule has 0 aliphatic rings. The van der Waals surface area contributed by atoms with Crippen LogP contribution in [-0.2, 0) is 20.0 Å². The Kier molecular flexibility index (Phi) is 10.6. The lowest BCUT2D eigenvalue weighted by molar-refractivity contribution is 0.447. The number of hydrogen-bond donors (Lipinski definition) is 4. The predicted octanol–water partition coefficient (Wildman–Crippen LogP) is 8.10. The summed E-state index contributed by atoms with van der Waals surface area (Å²) in [5.74, 6) is 0.995. The number of aromatic amines is 2. The summed E-state index contributed by atoms with van der Waals surface area (Å²) < 4.78 is 58.3. The summed E-state index contributed by atoms with van der Waals surface area (Å²) in [5.41, 5.74) is 7.44. The largest absolute Gasteiger partial charge is 0.341 e. The summed E-state index contributed by atoms with van der Waals surface area (Å²) >= 11 is 0. The monoisotopic (exact) mass is 736 g/mol. The molecule has 4 aromatic carbocycles. The van der Waals surface area contributed by atoms with E-state index in [-0.39, 0.29) is 21.6 Å². The van der Waals surface area contributed by atoms with Gasteiger partial charge in [0, 0.05) is 0 Å². The van der Waals surface area contributed by atoms with Gasteiger partial charge in [-0.3, -0.25) is 0 Å². The number of hydrogen-bond acceptors (Lipinski definition) is 6. The predicted molar refractivity (Wildman–Crippen MR) is 205 cm³/mol. The first-order chi connectivity index (χ1) is 24.7. The molecule has 0 aliphatic carbocycles. The number of H-pyrrole nitrogens is 2. The molecule has 2 atom stereocenters. The Morgan fingerprint density at radius 2 is 0.788 bits per heavy atom. The molecule has 0 bridgehead atoms. The number of aromatic nitrogens is 4. The summed E-state index contributed by atoms with van der Waals surface area (Å²) in [4.78, 5) is 16.2. The first-order valence-electron chi connectivity index (χ1n) is 17.2. The van der Waals surface area contributed by atoms with Crippen LogP contribution in [0.15, 0.2) is 119 Å². The van der Waals surface area contributed by atoms with E-state index in [1.807, 2.05) is 90.1 Å². The molecule has 270 valence electrons. The van der Waals surface area contributed by atoms with Crippen molar-refractivity contribution in [2.45, 2.75) is 63.4 Å². The molecule has 0 fully saturated rings. The maximum atomic E-state index is 13.2. The topological polar surface area (TPSA) is 150 Å². The second-order valence-electron chi connectivity index (χ2n) is 13.8. The minimum Gasteiger partial charge on any atom is -0.341 e. The molecular weight excluding hydrogens is 693 g/mol. The Morgan fingerprint density at radius 1 is 0.481 bits per heavy atom. The molecule has 4 N–H and O–H groups in total. The molecule has 0 aliphatic heterocycles. The Morgan fingerprint density at radius 3 is 1.10 bits per heavy atom. The summed E-state index contributed by atoms with van der Waals surface area (Å²) in [6, 6.07) is 28.6. The molecular formula is C40H44N6O4S2. The van der Waals surface area contributed by atoms with Gasteiger partial charge < -0.3 is 9.97 Å². The average Bonchev–Trinajstić information content (AvgIpc) is 3.81. The highest BCUT2D eigenvalue weighted by molar-refractivity contribution is 7.89. The number of rotatable bonds is 13. The van der Waals surface area contributed by atoms with Gasteiger partial charge in [-0.1, -0.05) is 112 Å². The van der Waals surface area contributed by atoms with Crippen LogP contribution in [0, 0.1) is 25.7 Å². The average molecular weight is 737 g/mol. The summed E-state index contributed by atoms with van der Waals surface area (Å²) in [7, 11) is -7.49. The van der Waals surface area contributed by atoms with Crippen LogP contribution in [0.25, 0.3) is 33.6 Å². The van der Waals surface area contributed by atoms with Gasteiger partial charge in [0.25, 0.3) is 0 Å². The van der Waals surface area contributed by atoms with Crippen molar-refractivity contribution in [2.75, 3.05) is 0 Å². The fourth-order valence-electron chi connectivity index (χ4n) is 5.89. The SMILES string of the molecule is Cc1ccc(S(=O)(=O)NC(c2ncc(-c3ccc(-c4ccc(-c5cnc([C@@H](NS(=O)(=O)c6ccc(C)cc6)C(C)C)[nH]5)cc4)cc3)[nH]2)C(C)C)cc1. The second kappa shape index (κ2) is 15.0. The zero-order chi connectivity index (χ0) is 37.2. The summed E-state index contributed by atoms with van der Waals surface area (Å²) in [6.45, 7) is 11.7. The van der Waals surface area contributed by atoms with Gasteiger partial charge in [0.2, 0.25) is 20.0 Å². The van der Waals surface area contributed by atoms with Crippen molar-refractivity contribution >= 4 is 20.0 Å². The van der Waals surface area contributed by atoms with Gasteiger partial charge in [0.05, 0.1) is 45.7 Å². The quantitative estimate of drug-likeness (QED) is 0.0942. The summed E-state index contributed by atoms with van der Waals surface area (Å²) in [5, 5.41) is 0. The van der Waals surface area contributed by atoms with E-state index in [9.17, 15) is 16.8 Å². The molecule has 2 aromatic heterocycles. The van der Waals surface area contributed by atoms with Crippen LogP contribution >= 0.6 is 0 Å². The van der Waals surface area contributed by atoms with Crippen molar-refractivity contribution in [3.05, 3.63) is 132 Å². The normalized spacial score (nSPS) is 13.5. The molecule has 0 saturated carbocycles. The van der Waals surface area contributed by atoms with E-state index < -0.39 is 32.1 Å². The van der Waals surface area contributed by atoms with E-state index >= 15 is 0 Å². The highest BCUT2D eigenvalue weighted by Crippen LogP contribution is 2.30. The first kappa shape index (κ1) is 36.9. The van der Waals surface area contributed by atoms with Crippen molar-refractivity contribution in [2.24, 2.45) is 11.8 Å². The maximum absolute atomic E-state index is 13.2. The van der Waals surface area contributed by atoms with Crippen LogP contribution in [0.5, 0.6) is 0 Å². The fourth-order valence-corrected chi connectivity index (χ4v) is 8.58. The van der Waals surface area contributed by atoms with E-state index in [0.29, 0.717) is 11.6 Å². The molecule has 2 heterocycles. The van der Waals surface area contributed by atoms with Crippen molar-refractivity contribution in [1.29, 1.82) is 0 Å². The minimum atomic E-state index is -3.75. The number of sulfonamides is 2. The third-order valence-electron chi connectivity index (χ3n) is 9.07. The lowest BCUT2D eigenvalue weighted by Gasteiger charge is -2.20. The van der Waals surface area contributed by atoms with Crippen molar-refractivity contribution < 1.29 is 16.8 Å². The highest BCUT2D eigenvalue weighted by atomic mass is 32.2. The minimum absolute atomic E-state index is 0.0496. The van der Waals surface area contributed by atoms with E-state index in [0.717, 1.165) is 44.8 Å². The zero-order valence-electron chi connectivity index (χ0n) is 30.0. The van der Waals surface area contributed by atoms with Crippen LogP contribution < -0.4 is 9.44 Å². The third-order valence-corrected chi connectivity index (χ3v) is 12.0. The molecule has 0 saturated heterocycles. The Bertz CT molecular complexity index is 2180. The molecule has 0 radical (unpaired) electrons. The van der Waals surface area contributed by atoms with Gasteiger partial charge >= 0.3 is 0 Å². The van der Waals surface area contributed by atoms with E-state index in [1.165, 1.54) is 0 Å². The van der Waals surface area contributed by atoms with Gasteiger partial charge in [-0.2, -0.15) is 0 Å². The standard InChI is InChI=1S/C40H44N6O4S2/c1-25(2)37(45-51(47,48)33-19-7-27(5)8-20-33)39-41-23-35(43-39)31-15-11-29(12-16-31)30-13-17-32(18-14-30)36-24-42-40(44-36)38(26(3)4)46-52(49,50)34-21-9-28(6)10-22-34/h7-26,37-38,45-46H,1-6H3,(H,41,43)(H,42,44)/t37-,38?/m0/s1. The van der Waals surface area contributed by atoms with Gasteiger partial charge in [0.1, 0.15) is 11.6 Å². The lowest BCUT2D eigenvalue weighted by atomic mass is 10.0. The van der Waals surface area contributed by atoms with Gasteiger partial charge in [-0.05, 0) is 72.2 Å². The maximum Gasteiger partial charge on any atom is 0.241 e. The second-order valence-corrected chi connectivity index (χ2v) is 17.3. The Balaban J connectivity index is 1.14. The molecule has 0 spiro atoms. The smallest absolute Gasteiger partial charge is 0.241 e. The number of aryl methyl sites for hydroxylation is 2. The number of imidazole rings is 2. The fraction of sp³-hybridized carbons (Fsp3) is 0.250. The van der Waals surface area contributed by atoms with Crippen LogP contribution in [0.4, 0.5) is 0 Å². The zero-order valence-corrected chi connectivity index (χ0v) is 31.7. The number of nitrogens with one attached hydrogen (secondary N) is 4. The van der Waals surface area contributed by atoms with Crippen molar-refractivity contribution in [1.82, 2.24) is 29.4 Å². The molecule has 52 heavy (non-hydrogen) atoms. The Labute approximate surface area is 306 Å². The van der Waals surface area contributed by atoms with Gasteiger partial charge in [0.15, 0.2) is 0 Å². The van der Waals surface area contributed by atoms with Crippen molar-refractivity contribution in [3.63, 3.8) is 0 Å². The van der Waals surface area contributed by atoms with Crippen LogP contribution in [0.1, 0.15) is 62.6 Å². The molecule has 10 nitrogen and oxygen atoms in total. The van der Waals surface area contributed by atoms with Crippen LogP contribution in [0.3, 0.4) is 0 Å². The van der Waals surface area contributed by atoms with Gasteiger partial charge in [-0.15, -0.1) is 0 Å². The number of benzene rings is 4. The first-order valence-corrected chi connectivity index (χ1v) is 20.2. The molecule has 6 aromatic rings. The van der Waals surface area contributed by atoms with Crippen molar-refractivity contribution in [3.8, 4) is 33.6 Å². The lowest BCUT2D eigenvalue weighted by Crippen LogP contribution is -2.32. The Hall–Kier alpha value is -4.88. The molecule has 1 unspecified atom stereocenters. The molecule has 6 rings (SSSR count). The van der Waals surface area contributed by atoms with Gasteiger partial charge in [-0.25, -0.2) is 36.2 Å². The molecule has 0 amide bonds.